The fraction of sp³-hybridized carbons (Fsp3) is 0.429. The number of aryl methyl sites for hydroxylation is 1. The van der Waals surface area contributed by atoms with Gasteiger partial charge in [0.15, 0.2) is 5.82 Å². The molecular formula is C35H34F4N6O4. The number of alkyl halides is 1. The van der Waals surface area contributed by atoms with Crippen molar-refractivity contribution in [1.82, 2.24) is 25.5 Å². The number of nitrogens with zero attached hydrogens (tertiary/aromatic N) is 4. The minimum absolute atomic E-state index is 0.00965. The van der Waals surface area contributed by atoms with Crippen LogP contribution in [-0.4, -0.2) is 81.9 Å². The number of hydrogen-bond donors (Lipinski definition) is 3. The van der Waals surface area contributed by atoms with Crippen molar-refractivity contribution in [3.63, 3.8) is 0 Å². The number of urea groups is 1. The molecular weight excluding hydrogens is 644 g/mol. The summed E-state index contributed by atoms with van der Waals surface area (Å²) in [5.74, 6) is -3.30. The monoisotopic (exact) mass is 678 g/mol. The average molecular weight is 679 g/mol. The molecule has 4 aliphatic heterocycles. The Balaban J connectivity index is 1.30. The number of benzene rings is 3. The number of carbonyl (C=O) groups excluding carboxylic acids is 2. The lowest BCUT2D eigenvalue weighted by Crippen LogP contribution is -2.58. The van der Waals surface area contributed by atoms with Gasteiger partial charge in [0.1, 0.15) is 47.0 Å². The third-order valence-electron chi connectivity index (χ3n) is 10.7. The molecule has 4 saturated heterocycles. The maximum atomic E-state index is 17.0. The average Bonchev–Trinajstić information content (AvgIpc) is 3.68. The number of aromatic nitrogens is 2. The van der Waals surface area contributed by atoms with Gasteiger partial charge in [0.25, 0.3) is 5.91 Å². The van der Waals surface area contributed by atoms with E-state index in [1.807, 2.05) is 0 Å². The Kier molecular flexibility index (Phi) is 7.36. The van der Waals surface area contributed by atoms with Gasteiger partial charge >= 0.3 is 12.0 Å². The van der Waals surface area contributed by atoms with Crippen molar-refractivity contribution in [2.45, 2.75) is 62.7 Å². The number of anilines is 1. The van der Waals surface area contributed by atoms with Crippen LogP contribution in [0.5, 0.6) is 11.8 Å². The molecule has 3 atom stereocenters. The van der Waals surface area contributed by atoms with E-state index < -0.39 is 52.2 Å². The Labute approximate surface area is 278 Å². The lowest BCUT2D eigenvalue weighted by molar-refractivity contribution is -0.124. The van der Waals surface area contributed by atoms with Crippen LogP contribution in [-0.2, 0) is 11.2 Å². The van der Waals surface area contributed by atoms with E-state index in [1.54, 1.807) is 11.8 Å². The highest BCUT2D eigenvalue weighted by molar-refractivity contribution is 6.08. The zero-order valence-corrected chi connectivity index (χ0v) is 26.7. The van der Waals surface area contributed by atoms with Crippen LogP contribution in [0, 0.1) is 17.5 Å². The molecule has 8 rings (SSSR count). The highest BCUT2D eigenvalue weighted by Crippen LogP contribution is 2.44. The molecule has 5 heterocycles. The summed E-state index contributed by atoms with van der Waals surface area (Å²) in [6.07, 6.45) is 1.88. The number of phenolic OH excluding ortho intramolecular Hbond substituents is 1. The van der Waals surface area contributed by atoms with E-state index in [-0.39, 0.29) is 71.0 Å². The number of phenols is 1. The van der Waals surface area contributed by atoms with E-state index in [1.165, 1.54) is 24.3 Å². The van der Waals surface area contributed by atoms with Gasteiger partial charge in [0.05, 0.1) is 17.6 Å². The molecule has 0 bridgehead atoms. The second-order valence-corrected chi connectivity index (χ2v) is 13.6. The Hall–Kier alpha value is -4.72. The number of fused-ring (bicyclic) bond motifs is 3. The van der Waals surface area contributed by atoms with Crippen LogP contribution in [0.3, 0.4) is 0 Å². The largest absolute Gasteiger partial charge is 0.508 e. The fourth-order valence-electron chi connectivity index (χ4n) is 8.45. The van der Waals surface area contributed by atoms with Crippen molar-refractivity contribution in [2.75, 3.05) is 37.7 Å². The topological polar surface area (TPSA) is 120 Å². The SMILES string of the molecule is CCc1c(F)ccc2cc(O)cc(-c3c(F)cc4c(N5CCCC6(C5)NC(=O)NC6=O)nc(OC[C@@]56CCCN5C[C@H](F)C6)nc4c3F)c12. The number of ether oxygens (including phenoxy) is 1. The Bertz CT molecular complexity index is 2060. The summed E-state index contributed by atoms with van der Waals surface area (Å²) in [7, 11) is 0. The summed E-state index contributed by atoms with van der Waals surface area (Å²) in [6.45, 7) is 3.12. The van der Waals surface area contributed by atoms with Crippen molar-refractivity contribution >= 4 is 39.4 Å². The summed E-state index contributed by atoms with van der Waals surface area (Å²) < 4.78 is 69.1. The number of piperidine rings is 1. The van der Waals surface area contributed by atoms with Gasteiger partial charge in [0, 0.05) is 24.9 Å². The zero-order valence-electron chi connectivity index (χ0n) is 26.7. The Morgan fingerprint density at radius 2 is 1.88 bits per heavy atom. The van der Waals surface area contributed by atoms with Gasteiger partial charge in [0.2, 0.25) is 0 Å². The Morgan fingerprint density at radius 1 is 1.06 bits per heavy atom. The number of amides is 3. The van der Waals surface area contributed by atoms with E-state index >= 15 is 13.2 Å². The second kappa shape index (κ2) is 11.4. The molecule has 49 heavy (non-hydrogen) atoms. The lowest BCUT2D eigenvalue weighted by atomic mass is 9.89. The van der Waals surface area contributed by atoms with Crippen LogP contribution >= 0.6 is 0 Å². The van der Waals surface area contributed by atoms with E-state index in [0.717, 1.165) is 19.0 Å². The Morgan fingerprint density at radius 3 is 2.65 bits per heavy atom. The van der Waals surface area contributed by atoms with Gasteiger partial charge in [-0.1, -0.05) is 13.0 Å². The molecule has 3 aromatic carbocycles. The number of imide groups is 1. The van der Waals surface area contributed by atoms with Crippen LogP contribution in [0.2, 0.25) is 0 Å². The molecule has 4 aromatic rings. The highest BCUT2D eigenvalue weighted by atomic mass is 19.1. The first kappa shape index (κ1) is 31.5. The van der Waals surface area contributed by atoms with Crippen molar-refractivity contribution in [2.24, 2.45) is 0 Å². The van der Waals surface area contributed by atoms with Crippen LogP contribution in [0.1, 0.15) is 44.6 Å². The molecule has 256 valence electrons. The van der Waals surface area contributed by atoms with E-state index in [2.05, 4.69) is 25.5 Å². The maximum Gasteiger partial charge on any atom is 0.322 e. The number of aromatic hydroxyl groups is 1. The van der Waals surface area contributed by atoms with E-state index in [9.17, 15) is 19.1 Å². The maximum absolute atomic E-state index is 17.0. The summed E-state index contributed by atoms with van der Waals surface area (Å²) in [6, 6.07) is 5.53. The molecule has 14 heteroatoms. The first-order chi connectivity index (χ1) is 23.5. The smallest absolute Gasteiger partial charge is 0.322 e. The number of hydrogen-bond acceptors (Lipinski definition) is 8. The zero-order chi connectivity index (χ0) is 34.2. The van der Waals surface area contributed by atoms with Gasteiger partial charge in [-0.05, 0) is 84.8 Å². The summed E-state index contributed by atoms with van der Waals surface area (Å²) in [5.41, 5.74) is -2.45. The number of rotatable bonds is 6. The fourth-order valence-corrected chi connectivity index (χ4v) is 8.45. The minimum atomic E-state index is -1.27. The normalized spacial score (nSPS) is 25.4. The molecule has 0 aliphatic carbocycles. The number of nitrogens with one attached hydrogen (secondary N) is 2. The van der Waals surface area contributed by atoms with E-state index in [0.29, 0.717) is 37.7 Å². The minimum Gasteiger partial charge on any atom is -0.508 e. The molecule has 0 saturated carbocycles. The second-order valence-electron chi connectivity index (χ2n) is 13.6. The molecule has 1 aromatic heterocycles. The summed E-state index contributed by atoms with van der Waals surface area (Å²) in [5, 5.41) is 16.2. The van der Waals surface area contributed by atoms with Crippen molar-refractivity contribution < 1.29 is 37.0 Å². The summed E-state index contributed by atoms with van der Waals surface area (Å²) >= 11 is 0. The van der Waals surface area contributed by atoms with Gasteiger partial charge < -0.3 is 20.1 Å². The van der Waals surface area contributed by atoms with Crippen LogP contribution in [0.25, 0.3) is 32.8 Å². The lowest BCUT2D eigenvalue weighted by Gasteiger charge is -2.39. The van der Waals surface area contributed by atoms with Crippen LogP contribution < -0.4 is 20.3 Å². The molecule has 3 N–H and O–H groups in total. The molecule has 1 unspecified atom stereocenters. The van der Waals surface area contributed by atoms with Gasteiger partial charge in [-0.2, -0.15) is 9.97 Å². The quantitative estimate of drug-likeness (QED) is 0.187. The molecule has 1 spiro atoms. The van der Waals surface area contributed by atoms with Crippen LogP contribution in [0.4, 0.5) is 28.2 Å². The first-order valence-electron chi connectivity index (χ1n) is 16.6. The van der Waals surface area contributed by atoms with E-state index in [4.69, 9.17) is 4.74 Å². The number of carbonyl (C=O) groups is 2. The predicted octanol–water partition coefficient (Wildman–Crippen LogP) is 5.27. The highest BCUT2D eigenvalue weighted by Gasteiger charge is 2.50. The third-order valence-corrected chi connectivity index (χ3v) is 10.7. The predicted molar refractivity (Wildman–Crippen MR) is 173 cm³/mol. The molecule has 0 radical (unpaired) electrons. The standard InChI is InChI=1S/C35H34F4N6O4/c1-2-21-24(37)6-5-18-11-20(46)12-22(26(18)21)27-25(38)13-23-29(28(27)39)40-33(49-17-34-7-3-10-45(34)15-19(36)14-34)41-30(23)44-9-4-8-35(16-44)31(47)42-32(48)43-35/h5-6,11-13,19,46H,2-4,7-10,14-17H2,1H3,(H2,42,43,47,48)/t19-,34+,35?/m1/s1. The molecule has 10 nitrogen and oxygen atoms in total. The van der Waals surface area contributed by atoms with Gasteiger partial charge in [-0.25, -0.2) is 22.4 Å². The van der Waals surface area contributed by atoms with Crippen LogP contribution in [0.15, 0.2) is 30.3 Å². The van der Waals surface area contributed by atoms with Gasteiger partial charge in [-0.15, -0.1) is 0 Å². The van der Waals surface area contributed by atoms with Crippen molar-refractivity contribution in [3.05, 3.63) is 53.3 Å². The third kappa shape index (κ3) is 5.01. The summed E-state index contributed by atoms with van der Waals surface area (Å²) in [4.78, 5) is 37.8. The van der Waals surface area contributed by atoms with Gasteiger partial charge in [-0.3, -0.25) is 15.0 Å². The van der Waals surface area contributed by atoms with Crippen molar-refractivity contribution in [1.29, 1.82) is 0 Å². The molecule has 4 fully saturated rings. The molecule has 3 amide bonds. The number of halogens is 4. The molecule has 4 aliphatic rings. The first-order valence-corrected chi connectivity index (χ1v) is 16.6. The van der Waals surface area contributed by atoms with Crippen molar-refractivity contribution in [3.8, 4) is 22.9 Å².